The summed E-state index contributed by atoms with van der Waals surface area (Å²) in [6, 6.07) is 9.70. The third-order valence-corrected chi connectivity index (χ3v) is 6.18. The Balaban J connectivity index is 1.80. The Morgan fingerprint density at radius 2 is 1.69 bits per heavy atom. The number of hydrogen-bond donors (Lipinski definition) is 0. The van der Waals surface area contributed by atoms with Gasteiger partial charge in [-0.25, -0.2) is 19.7 Å². The zero-order valence-electron chi connectivity index (χ0n) is 19.0. The van der Waals surface area contributed by atoms with Gasteiger partial charge in [0.25, 0.3) is 5.56 Å². The molecule has 9 heteroatoms. The Morgan fingerprint density at radius 1 is 1.00 bits per heavy atom. The summed E-state index contributed by atoms with van der Waals surface area (Å²) in [7, 11) is 3.08. The lowest BCUT2D eigenvalue weighted by Crippen LogP contribution is -2.38. The predicted octanol–water partition coefficient (Wildman–Crippen LogP) is 3.58. The van der Waals surface area contributed by atoms with Gasteiger partial charge in [0.15, 0.2) is 5.65 Å². The first-order valence-electron chi connectivity index (χ1n) is 10.2. The van der Waals surface area contributed by atoms with Crippen LogP contribution >= 0.6 is 11.8 Å². The first-order chi connectivity index (χ1) is 15.1. The average molecular weight is 452 g/mol. The molecule has 32 heavy (non-hydrogen) atoms. The molecule has 8 nitrogen and oxygen atoms in total. The number of hydrogen-bond acceptors (Lipinski definition) is 7. The van der Waals surface area contributed by atoms with Gasteiger partial charge >= 0.3 is 5.69 Å². The van der Waals surface area contributed by atoms with Crippen LogP contribution < -0.4 is 11.2 Å². The maximum absolute atomic E-state index is 13.0. The van der Waals surface area contributed by atoms with Crippen LogP contribution in [0.5, 0.6) is 0 Å². The van der Waals surface area contributed by atoms with Crippen LogP contribution in [0.4, 0.5) is 0 Å². The van der Waals surface area contributed by atoms with Crippen molar-refractivity contribution in [2.75, 3.05) is 0 Å². The molecule has 3 aromatic heterocycles. The third kappa shape index (κ3) is 3.88. The molecule has 4 aromatic rings. The van der Waals surface area contributed by atoms with Gasteiger partial charge in [0, 0.05) is 30.8 Å². The summed E-state index contributed by atoms with van der Waals surface area (Å²) in [6.07, 6.45) is 0. The molecule has 0 spiro atoms. The van der Waals surface area contributed by atoms with Gasteiger partial charge < -0.3 is 4.42 Å². The standard InChI is InChI=1S/C23H25N5O3S/c1-13-15(24-18(31-13)14-10-8-7-9-11-14)12-32-19-16-17(25-21(26-19)23(2,3)4)27(5)22(30)28(6)20(16)29/h7-11H,12H2,1-6H3. The molecule has 0 atom stereocenters. The largest absolute Gasteiger partial charge is 0.441 e. The summed E-state index contributed by atoms with van der Waals surface area (Å²) < 4.78 is 8.34. The highest BCUT2D eigenvalue weighted by molar-refractivity contribution is 7.98. The van der Waals surface area contributed by atoms with Gasteiger partial charge in [-0.15, -0.1) is 0 Å². The van der Waals surface area contributed by atoms with E-state index in [1.165, 1.54) is 23.4 Å². The van der Waals surface area contributed by atoms with Gasteiger partial charge in [-0.05, 0) is 19.1 Å². The zero-order valence-corrected chi connectivity index (χ0v) is 19.8. The minimum atomic E-state index is -0.420. The molecule has 0 fully saturated rings. The molecule has 4 rings (SSSR count). The molecule has 0 aliphatic rings. The van der Waals surface area contributed by atoms with Crippen LogP contribution in [0.25, 0.3) is 22.5 Å². The van der Waals surface area contributed by atoms with E-state index in [2.05, 4.69) is 9.97 Å². The highest BCUT2D eigenvalue weighted by Crippen LogP contribution is 2.31. The molecule has 0 aliphatic heterocycles. The average Bonchev–Trinajstić information content (AvgIpc) is 3.14. The second-order valence-corrected chi connectivity index (χ2v) is 9.65. The van der Waals surface area contributed by atoms with Crippen molar-refractivity contribution in [1.29, 1.82) is 0 Å². The van der Waals surface area contributed by atoms with Gasteiger partial charge in [-0.1, -0.05) is 50.7 Å². The number of oxazole rings is 1. The van der Waals surface area contributed by atoms with Crippen LogP contribution in [0.15, 0.2) is 49.4 Å². The van der Waals surface area contributed by atoms with E-state index >= 15 is 0 Å². The van der Waals surface area contributed by atoms with E-state index in [1.54, 1.807) is 7.05 Å². The Labute approximate surface area is 189 Å². The normalized spacial score (nSPS) is 11.9. The molecule has 0 saturated carbocycles. The fourth-order valence-corrected chi connectivity index (χ4v) is 4.29. The van der Waals surface area contributed by atoms with Crippen molar-refractivity contribution < 1.29 is 4.42 Å². The number of benzene rings is 1. The van der Waals surface area contributed by atoms with Gasteiger partial charge in [0.05, 0.1) is 5.69 Å². The first-order valence-corrected chi connectivity index (χ1v) is 11.2. The molecular formula is C23H25N5O3S. The number of rotatable bonds is 4. The number of aryl methyl sites for hydroxylation is 2. The van der Waals surface area contributed by atoms with Crippen molar-refractivity contribution in [3.63, 3.8) is 0 Å². The molecule has 0 unspecified atom stereocenters. The molecule has 3 heterocycles. The second kappa shape index (κ2) is 8.05. The van der Waals surface area contributed by atoms with Crippen LogP contribution in [-0.2, 0) is 25.3 Å². The fourth-order valence-electron chi connectivity index (χ4n) is 3.27. The van der Waals surface area contributed by atoms with E-state index < -0.39 is 11.2 Å². The molecule has 0 bridgehead atoms. The minimum Gasteiger partial charge on any atom is -0.441 e. The van der Waals surface area contributed by atoms with Gasteiger partial charge in [0.2, 0.25) is 5.89 Å². The maximum atomic E-state index is 13.0. The Bertz CT molecular complexity index is 1430. The lowest BCUT2D eigenvalue weighted by molar-refractivity contribution is 0.538. The van der Waals surface area contributed by atoms with E-state index in [-0.39, 0.29) is 5.41 Å². The summed E-state index contributed by atoms with van der Waals surface area (Å²) in [5.41, 5.74) is 0.829. The lowest BCUT2D eigenvalue weighted by atomic mass is 9.96. The van der Waals surface area contributed by atoms with Crippen LogP contribution in [-0.4, -0.2) is 24.1 Å². The van der Waals surface area contributed by atoms with Crippen molar-refractivity contribution >= 4 is 22.8 Å². The highest BCUT2D eigenvalue weighted by Gasteiger charge is 2.24. The van der Waals surface area contributed by atoms with Crippen molar-refractivity contribution in [3.05, 3.63) is 68.4 Å². The summed E-state index contributed by atoms with van der Waals surface area (Å²) in [6.45, 7) is 7.86. The van der Waals surface area contributed by atoms with Crippen LogP contribution in [0.3, 0.4) is 0 Å². The summed E-state index contributed by atoms with van der Waals surface area (Å²) >= 11 is 1.39. The molecule has 0 radical (unpaired) electrons. The van der Waals surface area contributed by atoms with E-state index in [0.717, 1.165) is 15.8 Å². The molecule has 0 aliphatic carbocycles. The lowest BCUT2D eigenvalue weighted by Gasteiger charge is -2.19. The SMILES string of the molecule is Cc1oc(-c2ccccc2)nc1CSc1nc(C(C)(C)C)nc2c1c(=O)n(C)c(=O)n2C. The van der Waals surface area contributed by atoms with E-state index in [9.17, 15) is 9.59 Å². The van der Waals surface area contributed by atoms with E-state index in [1.807, 2.05) is 58.0 Å². The molecule has 0 saturated heterocycles. The Morgan fingerprint density at radius 3 is 2.34 bits per heavy atom. The predicted molar refractivity (Wildman–Crippen MR) is 125 cm³/mol. The smallest absolute Gasteiger partial charge is 0.332 e. The topological polar surface area (TPSA) is 95.8 Å². The number of nitrogens with zero attached hydrogens (tertiary/aromatic N) is 5. The van der Waals surface area contributed by atoms with Crippen molar-refractivity contribution in [2.45, 2.75) is 43.9 Å². The zero-order chi connectivity index (χ0) is 23.2. The summed E-state index contributed by atoms with van der Waals surface area (Å²) in [4.78, 5) is 39.4. The Hall–Kier alpha value is -3.20. The second-order valence-electron chi connectivity index (χ2n) is 8.68. The number of thioether (sulfide) groups is 1. The van der Waals surface area contributed by atoms with Gasteiger partial charge in [-0.2, -0.15) is 0 Å². The fraction of sp³-hybridized carbons (Fsp3) is 0.348. The molecule has 0 amide bonds. The minimum absolute atomic E-state index is 0.331. The van der Waals surface area contributed by atoms with Crippen LogP contribution in [0.1, 0.15) is 38.0 Å². The molecular weight excluding hydrogens is 426 g/mol. The summed E-state index contributed by atoms with van der Waals surface area (Å²) in [5.74, 6) is 2.30. The van der Waals surface area contributed by atoms with Crippen molar-refractivity contribution in [2.24, 2.45) is 14.1 Å². The molecule has 1 aromatic carbocycles. The highest BCUT2D eigenvalue weighted by atomic mass is 32.2. The maximum Gasteiger partial charge on any atom is 0.332 e. The van der Waals surface area contributed by atoms with Gasteiger partial charge in [0.1, 0.15) is 22.0 Å². The van der Waals surface area contributed by atoms with Crippen LogP contribution in [0.2, 0.25) is 0 Å². The first kappa shape index (κ1) is 22.0. The third-order valence-electron chi connectivity index (χ3n) is 5.20. The Kier molecular flexibility index (Phi) is 5.54. The number of fused-ring (bicyclic) bond motifs is 1. The van der Waals surface area contributed by atoms with Gasteiger partial charge in [-0.3, -0.25) is 13.9 Å². The molecule has 0 N–H and O–H groups in total. The van der Waals surface area contributed by atoms with E-state index in [4.69, 9.17) is 9.40 Å². The monoisotopic (exact) mass is 451 g/mol. The van der Waals surface area contributed by atoms with E-state index in [0.29, 0.717) is 39.3 Å². The molecule has 166 valence electrons. The quantitative estimate of drug-likeness (QED) is 0.346. The van der Waals surface area contributed by atoms with Crippen LogP contribution in [0, 0.1) is 6.92 Å². The number of aromatic nitrogens is 5. The summed E-state index contributed by atoms with van der Waals surface area (Å²) in [5, 5.41) is 0.858. The van der Waals surface area contributed by atoms with Crippen molar-refractivity contribution in [1.82, 2.24) is 24.1 Å². The van der Waals surface area contributed by atoms with Crippen molar-refractivity contribution in [3.8, 4) is 11.5 Å².